The number of aldehydes is 1. The van der Waals surface area contributed by atoms with Gasteiger partial charge in [-0.25, -0.2) is 0 Å². The Bertz CT molecular complexity index is 101. The van der Waals surface area contributed by atoms with Gasteiger partial charge < -0.3 is 4.79 Å². The van der Waals surface area contributed by atoms with Crippen molar-refractivity contribution in [1.29, 1.82) is 0 Å². The predicted molar refractivity (Wildman–Crippen MR) is 37.1 cm³/mol. The van der Waals surface area contributed by atoms with Gasteiger partial charge in [0.25, 0.3) is 0 Å². The van der Waals surface area contributed by atoms with Crippen LogP contribution in [0.4, 0.5) is 0 Å². The van der Waals surface area contributed by atoms with E-state index < -0.39 is 0 Å². The van der Waals surface area contributed by atoms with Gasteiger partial charge in [-0.2, -0.15) is 0 Å². The molecule has 0 amide bonds. The third-order valence-corrected chi connectivity index (χ3v) is 2.09. The van der Waals surface area contributed by atoms with Crippen molar-refractivity contribution < 1.29 is 4.79 Å². The minimum absolute atomic E-state index is 0.352. The van der Waals surface area contributed by atoms with Gasteiger partial charge in [0.05, 0.1) is 0 Å². The normalized spacial score (nSPS) is 22.1. The first-order valence-corrected chi connectivity index (χ1v) is 3.71. The molecule has 1 unspecified atom stereocenters. The second-order valence-corrected chi connectivity index (χ2v) is 3.29. The van der Waals surface area contributed by atoms with Crippen molar-refractivity contribution in [2.75, 3.05) is 0 Å². The molecule has 0 radical (unpaired) electrons. The molecule has 1 aliphatic rings. The minimum atomic E-state index is 0.352. The Labute approximate surface area is 56.4 Å². The highest BCUT2D eigenvalue weighted by molar-refractivity contribution is 5.55. The lowest BCUT2D eigenvalue weighted by Gasteiger charge is -2.11. The lowest BCUT2D eigenvalue weighted by Crippen LogP contribution is -2.11. The van der Waals surface area contributed by atoms with Crippen LogP contribution < -0.4 is 0 Å². The largest absolute Gasteiger partial charge is 0.303 e. The third-order valence-electron chi connectivity index (χ3n) is 2.09. The van der Waals surface area contributed by atoms with Crippen molar-refractivity contribution >= 4 is 6.29 Å². The molecule has 0 heterocycles. The molecule has 0 aromatic carbocycles. The highest BCUT2D eigenvalue weighted by atomic mass is 16.1. The number of carbonyl (C=O) groups is 1. The molecule has 0 bridgehead atoms. The smallest absolute Gasteiger partial charge is 0.123 e. The molecule has 1 nitrogen and oxygen atoms in total. The molecule has 0 spiro atoms. The molecule has 0 saturated heterocycles. The highest BCUT2D eigenvalue weighted by Gasteiger charge is 2.32. The molecular formula is C8H14O. The number of rotatable bonds is 3. The number of hydrogen-bond acceptors (Lipinski definition) is 1. The summed E-state index contributed by atoms with van der Waals surface area (Å²) in [6.45, 7) is 4.24. The van der Waals surface area contributed by atoms with E-state index in [2.05, 4.69) is 13.8 Å². The Morgan fingerprint density at radius 1 is 1.44 bits per heavy atom. The van der Waals surface area contributed by atoms with E-state index in [9.17, 15) is 4.79 Å². The van der Waals surface area contributed by atoms with E-state index in [0.717, 1.165) is 12.2 Å². The topological polar surface area (TPSA) is 17.1 Å². The van der Waals surface area contributed by atoms with Gasteiger partial charge in [-0.15, -0.1) is 0 Å². The van der Waals surface area contributed by atoms with Gasteiger partial charge in [0.15, 0.2) is 0 Å². The second-order valence-electron chi connectivity index (χ2n) is 3.29. The molecule has 0 aromatic heterocycles. The van der Waals surface area contributed by atoms with Crippen LogP contribution in [-0.4, -0.2) is 6.29 Å². The maximum absolute atomic E-state index is 10.4. The van der Waals surface area contributed by atoms with Crippen molar-refractivity contribution in [2.24, 2.45) is 17.8 Å². The first kappa shape index (κ1) is 6.79. The zero-order valence-corrected chi connectivity index (χ0v) is 6.13. The van der Waals surface area contributed by atoms with E-state index in [1.165, 1.54) is 12.8 Å². The fraction of sp³-hybridized carbons (Fsp3) is 0.875. The average molecular weight is 126 g/mol. The van der Waals surface area contributed by atoms with Crippen molar-refractivity contribution in [1.82, 2.24) is 0 Å². The van der Waals surface area contributed by atoms with E-state index in [-0.39, 0.29) is 0 Å². The van der Waals surface area contributed by atoms with Crippen molar-refractivity contribution in [3.63, 3.8) is 0 Å². The van der Waals surface area contributed by atoms with Crippen molar-refractivity contribution in [3.8, 4) is 0 Å². The second kappa shape index (κ2) is 2.51. The average Bonchev–Trinajstić information content (AvgIpc) is 2.50. The van der Waals surface area contributed by atoms with Crippen LogP contribution in [0, 0.1) is 17.8 Å². The molecule has 1 aliphatic carbocycles. The first-order chi connectivity index (χ1) is 4.25. The Kier molecular flexibility index (Phi) is 1.89. The van der Waals surface area contributed by atoms with Crippen LogP contribution in [0.15, 0.2) is 0 Å². The van der Waals surface area contributed by atoms with Gasteiger partial charge in [-0.05, 0) is 24.7 Å². The van der Waals surface area contributed by atoms with Crippen LogP contribution in [0.25, 0.3) is 0 Å². The van der Waals surface area contributed by atoms with Crippen LogP contribution in [0.5, 0.6) is 0 Å². The maximum Gasteiger partial charge on any atom is 0.123 e. The number of hydrogen-bond donors (Lipinski definition) is 0. The molecule has 1 atom stereocenters. The SMILES string of the molecule is CC(C)C(C=O)C1CC1. The van der Waals surface area contributed by atoms with Crippen molar-refractivity contribution in [3.05, 3.63) is 0 Å². The van der Waals surface area contributed by atoms with E-state index in [1.54, 1.807) is 0 Å². The summed E-state index contributed by atoms with van der Waals surface area (Å²) in [5.74, 6) is 1.64. The molecular weight excluding hydrogens is 112 g/mol. The molecule has 1 rings (SSSR count). The molecule has 1 fully saturated rings. The highest BCUT2D eigenvalue weighted by Crippen LogP contribution is 2.39. The van der Waals surface area contributed by atoms with Crippen LogP contribution in [0.2, 0.25) is 0 Å². The summed E-state index contributed by atoms with van der Waals surface area (Å²) < 4.78 is 0. The first-order valence-electron chi connectivity index (χ1n) is 3.71. The van der Waals surface area contributed by atoms with Gasteiger partial charge in [0.1, 0.15) is 6.29 Å². The molecule has 0 N–H and O–H groups in total. The molecule has 52 valence electrons. The summed E-state index contributed by atoms with van der Waals surface area (Å²) in [7, 11) is 0. The van der Waals surface area contributed by atoms with Gasteiger partial charge in [0.2, 0.25) is 0 Å². The zero-order valence-electron chi connectivity index (χ0n) is 6.13. The zero-order chi connectivity index (χ0) is 6.85. The summed E-state index contributed by atoms with van der Waals surface area (Å²) in [6, 6.07) is 0. The maximum atomic E-state index is 10.4. The Balaban J connectivity index is 2.37. The molecule has 1 saturated carbocycles. The van der Waals surface area contributed by atoms with E-state index in [0.29, 0.717) is 11.8 Å². The minimum Gasteiger partial charge on any atom is -0.303 e. The lowest BCUT2D eigenvalue weighted by atomic mass is 9.93. The lowest BCUT2D eigenvalue weighted by molar-refractivity contribution is -0.112. The fourth-order valence-electron chi connectivity index (χ4n) is 1.29. The van der Waals surface area contributed by atoms with Gasteiger partial charge >= 0.3 is 0 Å². The summed E-state index contributed by atoms with van der Waals surface area (Å²) >= 11 is 0. The monoisotopic (exact) mass is 126 g/mol. The number of carbonyl (C=O) groups excluding carboxylic acids is 1. The molecule has 9 heavy (non-hydrogen) atoms. The molecule has 0 aliphatic heterocycles. The van der Waals surface area contributed by atoms with Gasteiger partial charge in [-0.3, -0.25) is 0 Å². The summed E-state index contributed by atoms with van der Waals surface area (Å²) in [4.78, 5) is 10.4. The van der Waals surface area contributed by atoms with Crippen molar-refractivity contribution in [2.45, 2.75) is 26.7 Å². The van der Waals surface area contributed by atoms with Crippen LogP contribution in [-0.2, 0) is 4.79 Å². The fourth-order valence-corrected chi connectivity index (χ4v) is 1.29. The predicted octanol–water partition coefficient (Wildman–Crippen LogP) is 1.87. The molecule has 1 heteroatoms. The summed E-state index contributed by atoms with van der Waals surface area (Å²) in [5, 5.41) is 0. The Morgan fingerprint density at radius 3 is 2.11 bits per heavy atom. The van der Waals surface area contributed by atoms with E-state index in [4.69, 9.17) is 0 Å². The Morgan fingerprint density at radius 2 is 2.00 bits per heavy atom. The standard InChI is InChI=1S/C8H14O/c1-6(2)8(5-9)7-3-4-7/h5-8H,3-4H2,1-2H3. The quantitative estimate of drug-likeness (QED) is 0.527. The van der Waals surface area contributed by atoms with Crippen LogP contribution in [0.3, 0.4) is 0 Å². The van der Waals surface area contributed by atoms with E-state index in [1.807, 2.05) is 0 Å². The van der Waals surface area contributed by atoms with Gasteiger partial charge in [0, 0.05) is 5.92 Å². The van der Waals surface area contributed by atoms with Crippen LogP contribution in [0.1, 0.15) is 26.7 Å². The Hall–Kier alpha value is -0.330. The summed E-state index contributed by atoms with van der Waals surface area (Å²) in [5.41, 5.74) is 0. The molecule has 0 aromatic rings. The van der Waals surface area contributed by atoms with Crippen LogP contribution >= 0.6 is 0 Å². The van der Waals surface area contributed by atoms with Gasteiger partial charge in [-0.1, -0.05) is 13.8 Å². The summed E-state index contributed by atoms with van der Waals surface area (Å²) in [6.07, 6.45) is 3.69. The van der Waals surface area contributed by atoms with E-state index >= 15 is 0 Å². The third kappa shape index (κ3) is 1.54.